The quantitative estimate of drug-likeness (QED) is 0.764. The van der Waals surface area contributed by atoms with Crippen molar-refractivity contribution in [1.82, 2.24) is 20.6 Å². The van der Waals surface area contributed by atoms with Gasteiger partial charge in [-0.3, -0.25) is 14.6 Å². The summed E-state index contributed by atoms with van der Waals surface area (Å²) in [6.45, 7) is 0. The third kappa shape index (κ3) is 2.84. The highest BCUT2D eigenvalue weighted by atomic mass is 32.1. The number of nitrogens with zero attached hydrogens (tertiary/aromatic N) is 2. The molecule has 1 saturated carbocycles. The molecule has 1 fully saturated rings. The minimum absolute atomic E-state index is 0.0380. The summed E-state index contributed by atoms with van der Waals surface area (Å²) in [5, 5.41) is 6.24. The normalized spacial score (nSPS) is 21.2. The third-order valence-corrected chi connectivity index (χ3v) is 5.26. The Bertz CT molecular complexity index is 819. The van der Waals surface area contributed by atoms with Gasteiger partial charge in [-0.05, 0) is 36.8 Å². The summed E-state index contributed by atoms with van der Waals surface area (Å²) in [7, 11) is 0. The molecule has 8 heteroatoms. The lowest BCUT2D eigenvalue weighted by atomic mass is 10.1. The van der Waals surface area contributed by atoms with Crippen LogP contribution < -0.4 is 16.4 Å². The highest BCUT2D eigenvalue weighted by Gasteiger charge is 2.40. The van der Waals surface area contributed by atoms with Crippen molar-refractivity contribution in [3.05, 3.63) is 40.2 Å². The van der Waals surface area contributed by atoms with Crippen LogP contribution in [0.5, 0.6) is 0 Å². The number of fused-ring (bicyclic) bond motifs is 1. The zero-order valence-corrected chi connectivity index (χ0v) is 13.7. The standard InChI is InChI=1S/C16H17N5O2S/c17-16-19-7-13(24-16)15(23)21-12-4-11(12)20-14(22)10-6-18-5-8-2-1-3-9(8)10/h5-7,11-12H,1-4H2,(H2,17,19)(H,20,22)(H,21,23)/t11-,12-/m1/s1. The predicted molar refractivity (Wildman–Crippen MR) is 89.9 cm³/mol. The minimum atomic E-state index is -0.201. The Morgan fingerprint density at radius 2 is 1.92 bits per heavy atom. The zero-order chi connectivity index (χ0) is 16.7. The summed E-state index contributed by atoms with van der Waals surface area (Å²) in [6, 6.07) is -0.0847. The Labute approximate surface area is 142 Å². The molecular weight excluding hydrogens is 326 g/mol. The van der Waals surface area contributed by atoms with E-state index in [1.165, 1.54) is 11.8 Å². The zero-order valence-electron chi connectivity index (χ0n) is 12.9. The number of hydrogen-bond acceptors (Lipinski definition) is 6. The van der Waals surface area contributed by atoms with E-state index in [-0.39, 0.29) is 23.9 Å². The maximum atomic E-state index is 12.5. The van der Waals surface area contributed by atoms with Crippen molar-refractivity contribution in [2.45, 2.75) is 37.8 Å². The molecule has 0 spiro atoms. The number of carbonyl (C=O) groups excluding carboxylic acids is 2. The van der Waals surface area contributed by atoms with Crippen molar-refractivity contribution in [2.24, 2.45) is 0 Å². The van der Waals surface area contributed by atoms with E-state index in [4.69, 9.17) is 5.73 Å². The number of rotatable bonds is 4. The number of aromatic nitrogens is 2. The molecule has 2 aromatic heterocycles. The fourth-order valence-corrected chi connectivity index (χ4v) is 3.67. The van der Waals surface area contributed by atoms with Crippen LogP contribution in [-0.2, 0) is 12.8 Å². The fraction of sp³-hybridized carbons (Fsp3) is 0.375. The summed E-state index contributed by atoms with van der Waals surface area (Å²) in [5.41, 5.74) is 8.48. The first-order chi connectivity index (χ1) is 11.6. The average molecular weight is 343 g/mol. The number of anilines is 1. The predicted octanol–water partition coefficient (Wildman–Crippen LogP) is 0.910. The van der Waals surface area contributed by atoms with Gasteiger partial charge in [0.15, 0.2) is 5.13 Å². The number of thiazole rings is 1. The molecule has 0 aliphatic heterocycles. The number of nitrogens with one attached hydrogen (secondary N) is 2. The van der Waals surface area contributed by atoms with Crippen molar-refractivity contribution in [1.29, 1.82) is 0 Å². The number of nitrogens with two attached hydrogens (primary N) is 1. The van der Waals surface area contributed by atoms with Crippen LogP contribution in [0.4, 0.5) is 5.13 Å². The number of carbonyl (C=O) groups is 2. The molecule has 2 atom stereocenters. The second kappa shape index (κ2) is 5.86. The molecule has 2 aliphatic rings. The van der Waals surface area contributed by atoms with Gasteiger partial charge < -0.3 is 16.4 Å². The van der Waals surface area contributed by atoms with Gasteiger partial charge in [0.2, 0.25) is 0 Å². The number of amides is 2. The Balaban J connectivity index is 1.35. The lowest BCUT2D eigenvalue weighted by molar-refractivity contribution is 0.0927. The van der Waals surface area contributed by atoms with Crippen molar-refractivity contribution in [3.8, 4) is 0 Å². The second-order valence-corrected chi connectivity index (χ2v) is 7.20. The van der Waals surface area contributed by atoms with Gasteiger partial charge in [-0.1, -0.05) is 11.3 Å². The molecule has 0 aromatic carbocycles. The van der Waals surface area contributed by atoms with E-state index >= 15 is 0 Å². The molecule has 24 heavy (non-hydrogen) atoms. The van der Waals surface area contributed by atoms with Crippen molar-refractivity contribution < 1.29 is 9.59 Å². The van der Waals surface area contributed by atoms with E-state index < -0.39 is 0 Å². The van der Waals surface area contributed by atoms with Crippen LogP contribution >= 0.6 is 11.3 Å². The fourth-order valence-electron chi connectivity index (χ4n) is 3.08. The molecule has 0 radical (unpaired) electrons. The molecule has 7 nitrogen and oxygen atoms in total. The van der Waals surface area contributed by atoms with Gasteiger partial charge >= 0.3 is 0 Å². The third-order valence-electron chi connectivity index (χ3n) is 4.44. The summed E-state index contributed by atoms with van der Waals surface area (Å²) >= 11 is 1.15. The van der Waals surface area contributed by atoms with Gasteiger partial charge in [-0.25, -0.2) is 4.98 Å². The van der Waals surface area contributed by atoms with Gasteiger partial charge in [-0.2, -0.15) is 0 Å². The first-order valence-corrected chi connectivity index (χ1v) is 8.72. The molecule has 2 aliphatic carbocycles. The van der Waals surface area contributed by atoms with E-state index in [0.717, 1.165) is 42.6 Å². The molecule has 2 aromatic rings. The van der Waals surface area contributed by atoms with Crippen LogP contribution in [0.15, 0.2) is 18.6 Å². The largest absolute Gasteiger partial charge is 0.375 e. The molecule has 0 unspecified atom stereocenters. The number of pyridine rings is 1. The van der Waals surface area contributed by atoms with E-state index in [9.17, 15) is 9.59 Å². The molecule has 2 heterocycles. The molecule has 2 amide bonds. The van der Waals surface area contributed by atoms with Crippen LogP contribution in [0.25, 0.3) is 0 Å². The number of nitrogen functional groups attached to an aromatic ring is 1. The van der Waals surface area contributed by atoms with E-state index in [1.807, 2.05) is 6.20 Å². The molecule has 124 valence electrons. The number of aryl methyl sites for hydroxylation is 1. The van der Waals surface area contributed by atoms with Gasteiger partial charge in [0.05, 0.1) is 23.8 Å². The summed E-state index contributed by atoms with van der Waals surface area (Å²) in [6.07, 6.45) is 8.66. The van der Waals surface area contributed by atoms with Gasteiger partial charge in [-0.15, -0.1) is 0 Å². The van der Waals surface area contributed by atoms with Gasteiger partial charge in [0.25, 0.3) is 11.8 Å². The topological polar surface area (TPSA) is 110 Å². The molecule has 4 rings (SSSR count). The highest BCUT2D eigenvalue weighted by molar-refractivity contribution is 7.17. The van der Waals surface area contributed by atoms with E-state index in [1.54, 1.807) is 6.20 Å². The first-order valence-electron chi connectivity index (χ1n) is 7.90. The smallest absolute Gasteiger partial charge is 0.263 e. The van der Waals surface area contributed by atoms with Gasteiger partial charge in [0, 0.05) is 12.4 Å². The Kier molecular flexibility index (Phi) is 3.68. The molecule has 0 bridgehead atoms. The Morgan fingerprint density at radius 1 is 1.12 bits per heavy atom. The lowest BCUT2D eigenvalue weighted by Crippen LogP contribution is -2.34. The van der Waals surface area contributed by atoms with E-state index in [0.29, 0.717) is 15.6 Å². The SMILES string of the molecule is Nc1ncc(C(=O)N[C@@H]2C[C@H]2NC(=O)c2cncc3c2CCC3)s1. The summed E-state index contributed by atoms with van der Waals surface area (Å²) in [4.78, 5) is 33.0. The van der Waals surface area contributed by atoms with Crippen LogP contribution in [-0.4, -0.2) is 33.9 Å². The molecule has 0 saturated heterocycles. The summed E-state index contributed by atoms with van der Waals surface area (Å²) < 4.78 is 0. The molecular formula is C16H17N5O2S. The van der Waals surface area contributed by atoms with Crippen molar-refractivity contribution in [2.75, 3.05) is 5.73 Å². The van der Waals surface area contributed by atoms with Gasteiger partial charge in [0.1, 0.15) is 4.88 Å². The minimum Gasteiger partial charge on any atom is -0.375 e. The van der Waals surface area contributed by atoms with Crippen LogP contribution in [0.2, 0.25) is 0 Å². The van der Waals surface area contributed by atoms with Crippen LogP contribution in [0, 0.1) is 0 Å². The van der Waals surface area contributed by atoms with Crippen molar-refractivity contribution >= 4 is 28.3 Å². The maximum absolute atomic E-state index is 12.5. The monoisotopic (exact) mass is 343 g/mol. The van der Waals surface area contributed by atoms with E-state index in [2.05, 4.69) is 20.6 Å². The Hall–Kier alpha value is -2.48. The second-order valence-electron chi connectivity index (χ2n) is 6.14. The van der Waals surface area contributed by atoms with Crippen molar-refractivity contribution in [3.63, 3.8) is 0 Å². The number of hydrogen-bond donors (Lipinski definition) is 3. The highest BCUT2D eigenvalue weighted by Crippen LogP contribution is 2.26. The average Bonchev–Trinajstić information content (AvgIpc) is 2.98. The Morgan fingerprint density at radius 3 is 2.67 bits per heavy atom. The first kappa shape index (κ1) is 15.1. The maximum Gasteiger partial charge on any atom is 0.263 e. The molecule has 4 N–H and O–H groups in total. The summed E-state index contributed by atoms with van der Waals surface area (Å²) in [5.74, 6) is -0.307. The lowest BCUT2D eigenvalue weighted by Gasteiger charge is -2.09. The van der Waals surface area contributed by atoms with Crippen LogP contribution in [0.1, 0.15) is 44.0 Å². The van der Waals surface area contributed by atoms with Crippen LogP contribution in [0.3, 0.4) is 0 Å².